The minimum Gasteiger partial charge on any atom is -0.492 e. The maximum atomic E-state index is 11.3. The van der Waals surface area contributed by atoms with E-state index in [-0.39, 0.29) is 13.1 Å². The van der Waals surface area contributed by atoms with Crippen molar-refractivity contribution in [3.8, 4) is 5.75 Å². The molecular formula is C21H35N3O5S. The standard InChI is InChI=1S/C21H35N3O5S/c1-30(27,28)22-17-21(26)8-11-24(16-20(21)25)15-18-6-5-7-19(14-18)29-13-12-23-9-3-2-4-10-23/h5-7,14,20,22,25-26H,2-4,8-13,15-17H2,1H3/t20-,21-/m1/s1. The summed E-state index contributed by atoms with van der Waals surface area (Å²) >= 11 is 0. The Morgan fingerprint density at radius 1 is 1.20 bits per heavy atom. The van der Waals surface area contributed by atoms with Gasteiger partial charge in [-0.15, -0.1) is 0 Å². The molecule has 0 spiro atoms. The summed E-state index contributed by atoms with van der Waals surface area (Å²) in [7, 11) is -3.42. The highest BCUT2D eigenvalue weighted by molar-refractivity contribution is 7.88. The molecule has 3 rings (SSSR count). The molecule has 0 amide bonds. The van der Waals surface area contributed by atoms with E-state index in [1.54, 1.807) is 0 Å². The fourth-order valence-corrected chi connectivity index (χ4v) is 4.61. The number of nitrogens with zero attached hydrogens (tertiary/aromatic N) is 2. The van der Waals surface area contributed by atoms with Gasteiger partial charge in [-0.25, -0.2) is 13.1 Å². The lowest BCUT2D eigenvalue weighted by Crippen LogP contribution is -2.59. The van der Waals surface area contributed by atoms with Crippen molar-refractivity contribution in [1.82, 2.24) is 14.5 Å². The molecule has 1 aromatic rings. The lowest BCUT2D eigenvalue weighted by molar-refractivity contribution is -0.115. The summed E-state index contributed by atoms with van der Waals surface area (Å²) in [6.07, 6.45) is 4.19. The van der Waals surface area contributed by atoms with E-state index in [1.807, 2.05) is 24.3 Å². The van der Waals surface area contributed by atoms with Crippen molar-refractivity contribution in [3.05, 3.63) is 29.8 Å². The molecule has 0 saturated carbocycles. The summed E-state index contributed by atoms with van der Waals surface area (Å²) in [4.78, 5) is 4.51. The van der Waals surface area contributed by atoms with Gasteiger partial charge in [0, 0.05) is 32.7 Å². The number of aliphatic hydroxyl groups excluding tert-OH is 1. The summed E-state index contributed by atoms with van der Waals surface area (Å²) in [5, 5.41) is 21.0. The monoisotopic (exact) mass is 441 g/mol. The molecule has 30 heavy (non-hydrogen) atoms. The van der Waals surface area contributed by atoms with Gasteiger partial charge in [0.2, 0.25) is 10.0 Å². The fraction of sp³-hybridized carbons (Fsp3) is 0.714. The van der Waals surface area contributed by atoms with Gasteiger partial charge in [0.05, 0.1) is 12.4 Å². The Labute approximate surface area is 179 Å². The molecule has 2 heterocycles. The van der Waals surface area contributed by atoms with Gasteiger partial charge >= 0.3 is 0 Å². The molecule has 2 atom stereocenters. The van der Waals surface area contributed by atoms with Gasteiger partial charge in [0.1, 0.15) is 18.0 Å². The van der Waals surface area contributed by atoms with Crippen LogP contribution in [0.5, 0.6) is 5.75 Å². The molecule has 2 aliphatic heterocycles. The average Bonchev–Trinajstić information content (AvgIpc) is 2.70. The number of hydrogen-bond donors (Lipinski definition) is 3. The number of β-amino-alcohol motifs (C(OH)–C–C–N with tert-alkyl or cyclic N) is 1. The molecule has 0 aliphatic carbocycles. The van der Waals surface area contributed by atoms with E-state index in [1.165, 1.54) is 19.3 Å². The molecule has 3 N–H and O–H groups in total. The third kappa shape index (κ3) is 7.18. The molecule has 170 valence electrons. The van der Waals surface area contributed by atoms with Crippen LogP contribution in [0, 0.1) is 0 Å². The first-order valence-corrected chi connectivity index (χ1v) is 12.6. The van der Waals surface area contributed by atoms with Crippen LogP contribution in [-0.4, -0.2) is 92.3 Å². The average molecular weight is 442 g/mol. The van der Waals surface area contributed by atoms with E-state index in [0.29, 0.717) is 26.1 Å². The Kier molecular flexibility index (Phi) is 8.11. The van der Waals surface area contributed by atoms with E-state index in [9.17, 15) is 18.6 Å². The molecule has 2 aliphatic rings. The highest BCUT2D eigenvalue weighted by Gasteiger charge is 2.40. The normalized spacial score (nSPS) is 26.6. The van der Waals surface area contributed by atoms with Crippen LogP contribution < -0.4 is 9.46 Å². The Hall–Kier alpha value is -1.23. The molecule has 0 bridgehead atoms. The highest BCUT2D eigenvalue weighted by Crippen LogP contribution is 2.24. The topological polar surface area (TPSA) is 102 Å². The van der Waals surface area contributed by atoms with Crippen molar-refractivity contribution in [1.29, 1.82) is 0 Å². The van der Waals surface area contributed by atoms with Crippen LogP contribution in [0.3, 0.4) is 0 Å². The number of rotatable bonds is 9. The Morgan fingerprint density at radius 3 is 2.67 bits per heavy atom. The zero-order chi connectivity index (χ0) is 21.6. The maximum Gasteiger partial charge on any atom is 0.208 e. The maximum absolute atomic E-state index is 11.3. The Morgan fingerprint density at radius 2 is 1.97 bits per heavy atom. The van der Waals surface area contributed by atoms with E-state index in [4.69, 9.17) is 4.74 Å². The number of sulfonamides is 1. The second-order valence-corrected chi connectivity index (χ2v) is 10.4. The van der Waals surface area contributed by atoms with Gasteiger partial charge in [-0.2, -0.15) is 0 Å². The number of piperidine rings is 2. The second kappa shape index (κ2) is 10.4. The van der Waals surface area contributed by atoms with Crippen LogP contribution in [0.4, 0.5) is 0 Å². The summed E-state index contributed by atoms with van der Waals surface area (Å²) in [6.45, 7) is 5.24. The minimum atomic E-state index is -3.42. The van der Waals surface area contributed by atoms with E-state index in [2.05, 4.69) is 14.5 Å². The number of ether oxygens (including phenoxy) is 1. The molecule has 8 nitrogen and oxygen atoms in total. The van der Waals surface area contributed by atoms with Gasteiger partial charge in [-0.05, 0) is 50.0 Å². The van der Waals surface area contributed by atoms with Gasteiger partial charge in [-0.1, -0.05) is 18.6 Å². The number of hydrogen-bond acceptors (Lipinski definition) is 7. The summed E-state index contributed by atoms with van der Waals surface area (Å²) in [6, 6.07) is 7.98. The first-order valence-electron chi connectivity index (χ1n) is 10.8. The van der Waals surface area contributed by atoms with Crippen LogP contribution in [0.1, 0.15) is 31.2 Å². The van der Waals surface area contributed by atoms with Gasteiger partial charge < -0.3 is 14.9 Å². The van der Waals surface area contributed by atoms with Crippen LogP contribution in [-0.2, 0) is 16.6 Å². The molecule has 2 fully saturated rings. The minimum absolute atomic E-state index is 0.179. The number of likely N-dealkylation sites (tertiary alicyclic amines) is 2. The van der Waals surface area contributed by atoms with Gasteiger partial charge in [0.25, 0.3) is 0 Å². The van der Waals surface area contributed by atoms with Crippen LogP contribution in [0.15, 0.2) is 24.3 Å². The quantitative estimate of drug-likeness (QED) is 0.510. The fourth-order valence-electron chi connectivity index (χ4n) is 4.10. The van der Waals surface area contributed by atoms with E-state index in [0.717, 1.165) is 37.2 Å². The molecule has 9 heteroatoms. The first-order chi connectivity index (χ1) is 14.2. The molecule has 0 radical (unpaired) electrons. The van der Waals surface area contributed by atoms with Crippen LogP contribution in [0.25, 0.3) is 0 Å². The largest absolute Gasteiger partial charge is 0.492 e. The van der Waals surface area contributed by atoms with Crippen molar-refractivity contribution in [3.63, 3.8) is 0 Å². The van der Waals surface area contributed by atoms with Gasteiger partial charge in [-0.3, -0.25) is 9.80 Å². The number of aliphatic hydroxyl groups is 2. The summed E-state index contributed by atoms with van der Waals surface area (Å²) in [5.41, 5.74) is -0.365. The third-order valence-electron chi connectivity index (χ3n) is 5.98. The predicted molar refractivity (Wildman–Crippen MR) is 116 cm³/mol. The second-order valence-electron chi connectivity index (χ2n) is 8.60. The van der Waals surface area contributed by atoms with E-state index < -0.39 is 21.7 Å². The molecule has 0 unspecified atom stereocenters. The van der Waals surface area contributed by atoms with Crippen molar-refractivity contribution in [2.75, 3.05) is 52.1 Å². The third-order valence-corrected chi connectivity index (χ3v) is 6.65. The predicted octanol–water partition coefficient (Wildman–Crippen LogP) is 0.398. The summed E-state index contributed by atoms with van der Waals surface area (Å²) in [5.74, 6) is 0.843. The number of nitrogens with one attached hydrogen (secondary N) is 1. The molecule has 0 aromatic heterocycles. The SMILES string of the molecule is CS(=O)(=O)NC[C@]1(O)CCN(Cc2cccc(OCCN3CCCCC3)c2)C[C@H]1O. The van der Waals surface area contributed by atoms with Crippen LogP contribution in [0.2, 0.25) is 0 Å². The Bertz CT molecular complexity index is 785. The Balaban J connectivity index is 1.46. The van der Waals surface area contributed by atoms with Crippen molar-refractivity contribution >= 4 is 10.0 Å². The van der Waals surface area contributed by atoms with Crippen molar-refractivity contribution in [2.45, 2.75) is 43.9 Å². The smallest absolute Gasteiger partial charge is 0.208 e. The molecular weight excluding hydrogens is 406 g/mol. The molecule has 1 aromatic carbocycles. The molecule has 2 saturated heterocycles. The van der Waals surface area contributed by atoms with Crippen molar-refractivity contribution < 1.29 is 23.4 Å². The lowest BCUT2D eigenvalue weighted by atomic mass is 9.88. The van der Waals surface area contributed by atoms with Crippen molar-refractivity contribution in [2.24, 2.45) is 0 Å². The zero-order valence-corrected chi connectivity index (χ0v) is 18.6. The zero-order valence-electron chi connectivity index (χ0n) is 17.8. The highest BCUT2D eigenvalue weighted by atomic mass is 32.2. The van der Waals surface area contributed by atoms with Crippen LogP contribution >= 0.6 is 0 Å². The first kappa shape index (κ1) is 23.4. The summed E-state index contributed by atoms with van der Waals surface area (Å²) < 4.78 is 30.8. The number of benzene rings is 1. The van der Waals surface area contributed by atoms with E-state index >= 15 is 0 Å². The van der Waals surface area contributed by atoms with Gasteiger partial charge in [0.15, 0.2) is 0 Å². The lowest BCUT2D eigenvalue weighted by Gasteiger charge is -2.42.